The minimum absolute atomic E-state index is 0.00426. The SMILES string of the molecule is C=CCN1CCC[C@]23c4c5ccc(OC(=O)CCCCCCCCC(=O)Oc6ccc7c8c6O[C@H]6C(=O)CC[C@@]9(O)[C@@H](C7)N(CC=C)CC[C@]869)c4O[C@H]2C(=O)CC[C@@]3(O)[C@H]1C5. The number of ether oxygens (including phenoxy) is 4. The van der Waals surface area contributed by atoms with Crippen molar-refractivity contribution < 1.29 is 48.3 Å². The number of esters is 2. The average molecular weight is 835 g/mol. The van der Waals surface area contributed by atoms with Gasteiger partial charge in [-0.05, 0) is 87.6 Å². The van der Waals surface area contributed by atoms with Gasteiger partial charge in [-0.1, -0.05) is 50.0 Å². The van der Waals surface area contributed by atoms with E-state index in [9.17, 15) is 29.4 Å². The summed E-state index contributed by atoms with van der Waals surface area (Å²) >= 11 is 0. The lowest BCUT2D eigenvalue weighted by Crippen LogP contribution is -2.76. The Balaban J connectivity index is 0.710. The third-order valence-electron chi connectivity index (χ3n) is 16.1. The topological polar surface area (TPSA) is 152 Å². The van der Waals surface area contributed by atoms with Crippen LogP contribution in [0.2, 0.25) is 0 Å². The second-order valence-electron chi connectivity index (χ2n) is 19.0. The number of nitrogens with zero attached hydrogens (tertiary/aromatic N) is 2. The zero-order valence-electron chi connectivity index (χ0n) is 35.1. The van der Waals surface area contributed by atoms with Crippen LogP contribution in [0.1, 0.15) is 119 Å². The number of unbranched alkanes of at least 4 members (excludes halogenated alkanes) is 5. The molecular formula is C49H58N2O10. The fourth-order valence-electron chi connectivity index (χ4n) is 13.6. The number of rotatable bonds is 15. The van der Waals surface area contributed by atoms with Crippen LogP contribution < -0.4 is 18.9 Å². The minimum atomic E-state index is -1.13. The summed E-state index contributed by atoms with van der Waals surface area (Å²) in [5.41, 5.74) is -0.163. The highest BCUT2D eigenvalue weighted by Crippen LogP contribution is 2.66. The Morgan fingerprint density at radius 2 is 1.13 bits per heavy atom. The molecule has 4 heterocycles. The highest BCUT2D eigenvalue weighted by molar-refractivity contribution is 5.91. The largest absolute Gasteiger partial charge is 0.477 e. The van der Waals surface area contributed by atoms with Crippen LogP contribution in [0.3, 0.4) is 0 Å². The van der Waals surface area contributed by atoms with Crippen molar-refractivity contribution in [1.29, 1.82) is 0 Å². The normalized spacial score (nSPS) is 33.7. The molecule has 0 aromatic heterocycles. The van der Waals surface area contributed by atoms with Gasteiger partial charge in [-0.3, -0.25) is 29.0 Å². The molecule has 2 N–H and O–H groups in total. The first-order valence-corrected chi connectivity index (χ1v) is 22.8. The standard InChI is InChI=1S/C49H58N2O10/c1-3-24-50-26-11-20-46-40-30-14-16-34(42(40)60-44(46)32(52)18-21-48(46,56)36(50)28-30)58-38(54)12-9-7-5-6-8-10-13-39(55)59-35-17-15-31-29-37-49(57)22-19-33(53)45-47(49,41(31)43(35)61-45)23-27-51(37)25-4-2/h3-4,14-17,36-37,44-45,56-57H,1-2,5-13,18-29H2/t36-,37-,44+,45+,46+,47+,48-,49-/m1/s1. The van der Waals surface area contributed by atoms with E-state index in [1.165, 1.54) is 0 Å². The van der Waals surface area contributed by atoms with Gasteiger partial charge < -0.3 is 29.2 Å². The molecule has 4 aliphatic carbocycles. The molecular weight excluding hydrogens is 777 g/mol. The monoisotopic (exact) mass is 834 g/mol. The fourth-order valence-corrected chi connectivity index (χ4v) is 13.6. The summed E-state index contributed by atoms with van der Waals surface area (Å²) in [6.07, 6.45) is 12.0. The second kappa shape index (κ2) is 15.2. The van der Waals surface area contributed by atoms with Crippen molar-refractivity contribution in [1.82, 2.24) is 9.80 Å². The molecule has 4 aliphatic heterocycles. The molecule has 324 valence electrons. The minimum Gasteiger partial charge on any atom is -0.477 e. The highest BCUT2D eigenvalue weighted by Gasteiger charge is 2.74. The number of aliphatic hydroxyl groups is 2. The van der Waals surface area contributed by atoms with Gasteiger partial charge in [0.15, 0.2) is 46.8 Å². The third kappa shape index (κ3) is 5.83. The first kappa shape index (κ1) is 40.7. The number of benzene rings is 2. The Morgan fingerprint density at radius 3 is 1.62 bits per heavy atom. The molecule has 61 heavy (non-hydrogen) atoms. The maximum Gasteiger partial charge on any atom is 0.311 e. The van der Waals surface area contributed by atoms with Crippen LogP contribution in [0.4, 0.5) is 0 Å². The molecule has 10 rings (SSSR count). The Bertz CT molecular complexity index is 2200. The number of piperidine rings is 1. The van der Waals surface area contributed by atoms with Crippen molar-refractivity contribution in [3.63, 3.8) is 0 Å². The van der Waals surface area contributed by atoms with Gasteiger partial charge in [0, 0.05) is 68.5 Å². The lowest BCUT2D eigenvalue weighted by atomic mass is 9.49. The summed E-state index contributed by atoms with van der Waals surface area (Å²) in [6.45, 7) is 10.7. The molecule has 2 aromatic carbocycles. The number of hydrogen-bond donors (Lipinski definition) is 2. The third-order valence-corrected chi connectivity index (χ3v) is 16.1. The van der Waals surface area contributed by atoms with Gasteiger partial charge in [-0.15, -0.1) is 13.2 Å². The van der Waals surface area contributed by atoms with Crippen molar-refractivity contribution in [2.75, 3.05) is 26.2 Å². The maximum absolute atomic E-state index is 13.4. The van der Waals surface area contributed by atoms with Crippen LogP contribution in [0.25, 0.3) is 0 Å². The van der Waals surface area contributed by atoms with Gasteiger partial charge in [0.1, 0.15) is 0 Å². The van der Waals surface area contributed by atoms with Crippen molar-refractivity contribution in [2.24, 2.45) is 0 Å². The van der Waals surface area contributed by atoms with Crippen LogP contribution in [-0.2, 0) is 42.8 Å². The number of hydrogen-bond acceptors (Lipinski definition) is 12. The van der Waals surface area contributed by atoms with Crippen molar-refractivity contribution in [2.45, 2.75) is 155 Å². The first-order valence-electron chi connectivity index (χ1n) is 22.8. The van der Waals surface area contributed by atoms with Crippen molar-refractivity contribution in [3.8, 4) is 23.0 Å². The lowest BCUT2D eigenvalue weighted by molar-refractivity contribution is -0.187. The predicted molar refractivity (Wildman–Crippen MR) is 224 cm³/mol. The van der Waals surface area contributed by atoms with Crippen LogP contribution in [0, 0.1) is 0 Å². The van der Waals surface area contributed by atoms with E-state index in [4.69, 9.17) is 18.9 Å². The Kier molecular flexibility index (Phi) is 10.1. The van der Waals surface area contributed by atoms with Crippen LogP contribution in [0.5, 0.6) is 23.0 Å². The van der Waals surface area contributed by atoms with E-state index in [0.29, 0.717) is 87.5 Å². The summed E-state index contributed by atoms with van der Waals surface area (Å²) in [4.78, 5) is 57.6. The average Bonchev–Trinajstić information content (AvgIpc) is 3.78. The van der Waals surface area contributed by atoms with E-state index < -0.39 is 34.2 Å². The number of carbonyl (C=O) groups is 4. The smallest absolute Gasteiger partial charge is 0.311 e. The quantitative estimate of drug-likeness (QED) is 0.101. The summed E-state index contributed by atoms with van der Waals surface area (Å²) in [5.74, 6) is 0.795. The van der Waals surface area contributed by atoms with Gasteiger partial charge in [0.05, 0.1) is 22.0 Å². The van der Waals surface area contributed by atoms with Crippen LogP contribution >= 0.6 is 0 Å². The van der Waals surface area contributed by atoms with E-state index in [-0.39, 0.29) is 61.3 Å². The van der Waals surface area contributed by atoms with Crippen LogP contribution in [-0.4, -0.2) is 105 Å². The molecule has 0 amide bonds. The van der Waals surface area contributed by atoms with E-state index in [1.54, 1.807) is 12.1 Å². The molecule has 4 bridgehead atoms. The van der Waals surface area contributed by atoms with Gasteiger partial charge in [-0.2, -0.15) is 0 Å². The Hall–Kier alpha value is -4.36. The number of likely N-dealkylation sites (tertiary alicyclic amines) is 2. The summed E-state index contributed by atoms with van der Waals surface area (Å²) in [7, 11) is 0. The van der Waals surface area contributed by atoms with Gasteiger partial charge in [0.2, 0.25) is 0 Å². The highest BCUT2D eigenvalue weighted by atomic mass is 16.6. The van der Waals surface area contributed by atoms with Gasteiger partial charge in [0.25, 0.3) is 0 Å². The summed E-state index contributed by atoms with van der Waals surface area (Å²) in [6, 6.07) is 7.22. The first-order chi connectivity index (χ1) is 29.5. The molecule has 0 unspecified atom stereocenters. The van der Waals surface area contributed by atoms with Crippen molar-refractivity contribution in [3.05, 3.63) is 71.8 Å². The molecule has 4 fully saturated rings. The van der Waals surface area contributed by atoms with E-state index >= 15 is 0 Å². The number of Topliss-reactive ketones (excluding diaryl/α,β-unsaturated/α-hetero) is 2. The molecule has 8 atom stereocenters. The van der Waals surface area contributed by atoms with Crippen molar-refractivity contribution >= 4 is 23.5 Å². The summed E-state index contributed by atoms with van der Waals surface area (Å²) < 4.78 is 24.7. The molecule has 2 saturated carbocycles. The molecule has 8 aliphatic rings. The maximum atomic E-state index is 13.4. The van der Waals surface area contributed by atoms with E-state index in [1.807, 2.05) is 24.3 Å². The molecule has 0 radical (unpaired) electrons. The lowest BCUT2D eigenvalue weighted by Gasteiger charge is -2.62. The molecule has 2 spiro atoms. The number of carbonyl (C=O) groups excluding carboxylic acids is 4. The molecule has 2 aromatic rings. The van der Waals surface area contributed by atoms with Crippen LogP contribution in [0.15, 0.2) is 49.6 Å². The summed E-state index contributed by atoms with van der Waals surface area (Å²) in [5, 5.41) is 25.0. The van der Waals surface area contributed by atoms with Gasteiger partial charge in [-0.25, -0.2) is 0 Å². The molecule has 12 nitrogen and oxygen atoms in total. The predicted octanol–water partition coefficient (Wildman–Crippen LogP) is 5.53. The zero-order valence-corrected chi connectivity index (χ0v) is 35.1. The second-order valence-corrected chi connectivity index (χ2v) is 19.0. The van der Waals surface area contributed by atoms with E-state index in [0.717, 1.165) is 67.4 Å². The molecule has 2 saturated heterocycles. The van der Waals surface area contributed by atoms with Gasteiger partial charge >= 0.3 is 11.9 Å². The Labute approximate surface area is 357 Å². The Morgan fingerprint density at radius 1 is 0.672 bits per heavy atom. The zero-order chi connectivity index (χ0) is 42.3. The van der Waals surface area contributed by atoms with E-state index in [2.05, 4.69) is 23.0 Å². The fraction of sp³-hybridized carbons (Fsp3) is 0.592. The number of ketones is 2. The molecule has 12 heteroatoms.